The molecule has 0 saturated carbocycles. The summed E-state index contributed by atoms with van der Waals surface area (Å²) in [6.45, 7) is 0.298. The molecule has 3 aromatic carbocycles. The Labute approximate surface area is 174 Å². The van der Waals surface area contributed by atoms with Gasteiger partial charge in [-0.15, -0.1) is 0 Å². The minimum Gasteiger partial charge on any atom is -0.465 e. The fourth-order valence-electron chi connectivity index (χ4n) is 3.12. The minimum atomic E-state index is -0.583. The third-order valence-corrected chi connectivity index (χ3v) is 4.70. The predicted molar refractivity (Wildman–Crippen MR) is 113 cm³/mol. The van der Waals surface area contributed by atoms with Crippen molar-refractivity contribution >= 4 is 29.3 Å². The van der Waals surface area contributed by atoms with Gasteiger partial charge in [0.15, 0.2) is 12.2 Å². The second kappa shape index (κ2) is 8.80. The molecule has 0 spiro atoms. The number of anilines is 1. The van der Waals surface area contributed by atoms with Crippen LogP contribution in [0, 0.1) is 0 Å². The number of amides is 1. The van der Waals surface area contributed by atoms with Gasteiger partial charge >= 0.3 is 6.09 Å². The summed E-state index contributed by atoms with van der Waals surface area (Å²) in [5.74, 6) is 0.537. The summed E-state index contributed by atoms with van der Waals surface area (Å²) in [7, 11) is 0. The van der Waals surface area contributed by atoms with Crippen LogP contribution in [0.3, 0.4) is 0 Å². The molecule has 0 radical (unpaired) electrons. The number of nitrogens with one attached hydrogen (secondary N) is 1. The molecular formula is C23H19ClN2O3. The molecule has 1 heterocycles. The Morgan fingerprint density at radius 3 is 2.45 bits per heavy atom. The van der Waals surface area contributed by atoms with E-state index in [9.17, 15) is 4.79 Å². The van der Waals surface area contributed by atoms with Crippen LogP contribution in [0.1, 0.15) is 17.2 Å². The summed E-state index contributed by atoms with van der Waals surface area (Å²) in [6.07, 6.45) is -1.61. The van der Waals surface area contributed by atoms with Gasteiger partial charge in [0.25, 0.3) is 0 Å². The monoisotopic (exact) mass is 406 g/mol. The molecule has 5 nitrogen and oxygen atoms in total. The quantitative estimate of drug-likeness (QED) is 0.624. The zero-order valence-electron chi connectivity index (χ0n) is 15.5. The van der Waals surface area contributed by atoms with Gasteiger partial charge in [-0.1, -0.05) is 66.2 Å². The second-order valence-corrected chi connectivity index (χ2v) is 6.98. The summed E-state index contributed by atoms with van der Waals surface area (Å²) >= 11 is 5.97. The molecule has 2 unspecified atom stereocenters. The summed E-state index contributed by atoms with van der Waals surface area (Å²) in [4.78, 5) is 16.9. The summed E-state index contributed by atoms with van der Waals surface area (Å²) in [5, 5.41) is 3.23. The topological polar surface area (TPSA) is 59.9 Å². The lowest BCUT2D eigenvalue weighted by atomic mass is 10.0. The van der Waals surface area contributed by atoms with Crippen LogP contribution in [-0.4, -0.2) is 24.6 Å². The van der Waals surface area contributed by atoms with Crippen molar-refractivity contribution in [2.75, 3.05) is 11.9 Å². The Kier molecular flexibility index (Phi) is 5.77. The van der Waals surface area contributed by atoms with E-state index in [1.165, 1.54) is 0 Å². The molecule has 3 aromatic rings. The van der Waals surface area contributed by atoms with Crippen molar-refractivity contribution in [3.05, 3.63) is 101 Å². The van der Waals surface area contributed by atoms with Crippen LogP contribution in [0.15, 0.2) is 89.9 Å². The molecule has 4 rings (SSSR count). The van der Waals surface area contributed by atoms with Gasteiger partial charge in [0.1, 0.15) is 0 Å². The molecule has 2 atom stereocenters. The number of hydrogen-bond acceptors (Lipinski definition) is 4. The van der Waals surface area contributed by atoms with Gasteiger partial charge in [-0.2, -0.15) is 0 Å². The highest BCUT2D eigenvalue weighted by molar-refractivity contribution is 6.30. The molecule has 0 fully saturated rings. The van der Waals surface area contributed by atoms with E-state index < -0.39 is 18.3 Å². The highest BCUT2D eigenvalue weighted by Crippen LogP contribution is 2.29. The maximum Gasteiger partial charge on any atom is 0.412 e. The van der Waals surface area contributed by atoms with E-state index in [4.69, 9.17) is 21.1 Å². The van der Waals surface area contributed by atoms with Gasteiger partial charge in [-0.3, -0.25) is 5.32 Å². The normalized spacial score (nSPS) is 18.3. The molecule has 0 bridgehead atoms. The fourth-order valence-corrected chi connectivity index (χ4v) is 3.31. The molecule has 0 saturated heterocycles. The smallest absolute Gasteiger partial charge is 0.412 e. The highest BCUT2D eigenvalue weighted by atomic mass is 35.5. The molecule has 0 aliphatic carbocycles. The first kappa shape index (κ1) is 19.0. The molecule has 146 valence electrons. The lowest BCUT2D eigenvalue weighted by molar-refractivity contribution is 0.00996. The van der Waals surface area contributed by atoms with E-state index in [1.54, 1.807) is 24.3 Å². The van der Waals surface area contributed by atoms with E-state index in [1.807, 2.05) is 60.7 Å². The Morgan fingerprint density at radius 1 is 1.00 bits per heavy atom. The molecule has 1 aliphatic heterocycles. The van der Waals surface area contributed by atoms with E-state index in [-0.39, 0.29) is 0 Å². The maximum atomic E-state index is 12.4. The fraction of sp³-hybridized carbons (Fsp3) is 0.130. The Bertz CT molecular complexity index is 1010. The highest BCUT2D eigenvalue weighted by Gasteiger charge is 2.33. The Balaban J connectivity index is 1.54. The lowest BCUT2D eigenvalue weighted by Gasteiger charge is -2.31. The van der Waals surface area contributed by atoms with Crippen LogP contribution < -0.4 is 5.32 Å². The Morgan fingerprint density at radius 2 is 1.72 bits per heavy atom. The maximum absolute atomic E-state index is 12.4. The van der Waals surface area contributed by atoms with Gasteiger partial charge in [-0.25, -0.2) is 9.79 Å². The molecule has 6 heteroatoms. The number of hydrogen-bond donors (Lipinski definition) is 1. The standard InChI is InChI=1S/C23H19ClN2O3/c24-18-12-7-13-19(14-18)26-23(27)28-20-15-25-22(17-10-5-2-6-11-17)29-21(20)16-8-3-1-4-9-16/h1-14,20-21H,15H2,(H,26,27). The number of carbonyl (C=O) groups excluding carboxylic acids is 1. The SMILES string of the molecule is O=C(Nc1cccc(Cl)c1)OC1CN=C(c2ccccc2)OC1c1ccccc1. The van der Waals surface area contributed by atoms with Crippen LogP contribution in [0.5, 0.6) is 0 Å². The average molecular weight is 407 g/mol. The van der Waals surface area contributed by atoms with Gasteiger partial charge in [0.2, 0.25) is 5.90 Å². The molecular weight excluding hydrogens is 388 g/mol. The zero-order chi connectivity index (χ0) is 20.1. The largest absolute Gasteiger partial charge is 0.465 e. The van der Waals surface area contributed by atoms with Gasteiger partial charge in [0.05, 0.1) is 6.54 Å². The van der Waals surface area contributed by atoms with Crippen molar-refractivity contribution in [1.29, 1.82) is 0 Å². The number of carbonyl (C=O) groups is 1. The zero-order valence-corrected chi connectivity index (χ0v) is 16.3. The van der Waals surface area contributed by atoms with Gasteiger partial charge in [-0.05, 0) is 35.9 Å². The van der Waals surface area contributed by atoms with E-state index in [0.717, 1.165) is 11.1 Å². The van der Waals surface area contributed by atoms with Crippen molar-refractivity contribution in [1.82, 2.24) is 0 Å². The number of benzene rings is 3. The Hall–Kier alpha value is -3.31. The van der Waals surface area contributed by atoms with Gasteiger partial charge in [0, 0.05) is 16.3 Å². The summed E-state index contributed by atoms with van der Waals surface area (Å²) in [6, 6.07) is 26.2. The van der Waals surface area contributed by atoms with E-state index in [2.05, 4.69) is 10.3 Å². The second-order valence-electron chi connectivity index (χ2n) is 6.54. The number of ether oxygens (including phenoxy) is 2. The molecule has 1 amide bonds. The minimum absolute atomic E-state index is 0.298. The van der Waals surface area contributed by atoms with Crippen LogP contribution in [0.2, 0.25) is 5.02 Å². The summed E-state index contributed by atoms with van der Waals surface area (Å²) in [5.41, 5.74) is 2.36. The molecule has 1 N–H and O–H groups in total. The van der Waals surface area contributed by atoms with Crippen LogP contribution >= 0.6 is 11.6 Å². The number of nitrogens with zero attached hydrogens (tertiary/aromatic N) is 1. The van der Waals surface area contributed by atoms with E-state index in [0.29, 0.717) is 23.2 Å². The van der Waals surface area contributed by atoms with E-state index >= 15 is 0 Å². The number of rotatable bonds is 4. The first-order valence-corrected chi connectivity index (χ1v) is 9.61. The van der Waals surface area contributed by atoms with Crippen molar-refractivity contribution in [3.63, 3.8) is 0 Å². The van der Waals surface area contributed by atoms with Gasteiger partial charge < -0.3 is 9.47 Å². The molecule has 1 aliphatic rings. The third-order valence-electron chi connectivity index (χ3n) is 4.47. The molecule has 0 aromatic heterocycles. The lowest BCUT2D eigenvalue weighted by Crippen LogP contribution is -2.37. The number of halogens is 1. The van der Waals surface area contributed by atoms with Crippen molar-refractivity contribution in [2.45, 2.75) is 12.2 Å². The first-order chi connectivity index (χ1) is 14.2. The third kappa shape index (κ3) is 4.76. The van der Waals surface area contributed by atoms with Crippen LogP contribution in [0.25, 0.3) is 0 Å². The van der Waals surface area contributed by atoms with Crippen LogP contribution in [0.4, 0.5) is 10.5 Å². The van der Waals surface area contributed by atoms with Crippen molar-refractivity contribution in [2.24, 2.45) is 4.99 Å². The first-order valence-electron chi connectivity index (χ1n) is 9.24. The summed E-state index contributed by atoms with van der Waals surface area (Å²) < 4.78 is 11.8. The van der Waals surface area contributed by atoms with Crippen molar-refractivity contribution in [3.8, 4) is 0 Å². The predicted octanol–water partition coefficient (Wildman–Crippen LogP) is 5.48. The van der Waals surface area contributed by atoms with Crippen molar-refractivity contribution < 1.29 is 14.3 Å². The average Bonchev–Trinajstić information content (AvgIpc) is 2.75. The molecule has 29 heavy (non-hydrogen) atoms. The number of aliphatic imine (C=N–C) groups is 1. The van der Waals surface area contributed by atoms with Crippen LogP contribution in [-0.2, 0) is 9.47 Å².